The molecule has 6 rings (SSSR count). The minimum atomic E-state index is -0.579. The summed E-state index contributed by atoms with van der Waals surface area (Å²) in [5, 5.41) is 1.96. The molecule has 6 nitrogen and oxygen atoms in total. The molecule has 0 bridgehead atoms. The molecule has 0 unspecified atom stereocenters. The molecule has 4 aromatic carbocycles. The van der Waals surface area contributed by atoms with Gasteiger partial charge in [-0.2, -0.15) is 0 Å². The zero-order valence-electron chi connectivity index (χ0n) is 18.1. The van der Waals surface area contributed by atoms with Crippen molar-refractivity contribution in [3.8, 4) is 11.4 Å². The summed E-state index contributed by atoms with van der Waals surface area (Å²) in [4.78, 5) is 34.1. The van der Waals surface area contributed by atoms with Gasteiger partial charge in [-0.05, 0) is 30.3 Å². The molecular formula is C28H19N3O3. The van der Waals surface area contributed by atoms with Crippen LogP contribution < -0.4 is 0 Å². The van der Waals surface area contributed by atoms with Crippen molar-refractivity contribution in [2.24, 2.45) is 0 Å². The molecule has 0 fully saturated rings. The van der Waals surface area contributed by atoms with Crippen molar-refractivity contribution in [3.63, 3.8) is 0 Å². The summed E-state index contributed by atoms with van der Waals surface area (Å²) in [7, 11) is 0. The third kappa shape index (κ3) is 3.24. The molecule has 0 saturated carbocycles. The maximum Gasteiger partial charge on any atom is 0.339 e. The van der Waals surface area contributed by atoms with E-state index in [1.54, 1.807) is 16.7 Å². The lowest BCUT2D eigenvalue weighted by molar-refractivity contribution is 0.0453. The first-order valence-electron chi connectivity index (χ1n) is 10.9. The van der Waals surface area contributed by atoms with Gasteiger partial charge in [-0.15, -0.1) is 0 Å². The van der Waals surface area contributed by atoms with Crippen molar-refractivity contribution in [3.05, 3.63) is 103 Å². The molecule has 0 aliphatic carbocycles. The number of fused-ring (bicyclic) bond motifs is 4. The second-order valence-corrected chi connectivity index (χ2v) is 7.99. The highest BCUT2D eigenvalue weighted by atomic mass is 16.5. The topological polar surface area (TPSA) is 77.0 Å². The van der Waals surface area contributed by atoms with Crippen LogP contribution in [0.2, 0.25) is 0 Å². The average Bonchev–Trinajstić information content (AvgIpc) is 3.46. The molecule has 0 saturated heterocycles. The van der Waals surface area contributed by atoms with Crippen LogP contribution in [0.4, 0.5) is 0 Å². The van der Waals surface area contributed by atoms with E-state index in [4.69, 9.17) is 4.74 Å². The zero-order valence-corrected chi connectivity index (χ0v) is 18.1. The summed E-state index contributed by atoms with van der Waals surface area (Å²) in [5.41, 5.74) is 4.22. The van der Waals surface area contributed by atoms with Gasteiger partial charge in [0.15, 0.2) is 6.61 Å². The van der Waals surface area contributed by atoms with Crippen LogP contribution >= 0.6 is 0 Å². The molecule has 1 N–H and O–H groups in total. The molecule has 164 valence electrons. The van der Waals surface area contributed by atoms with Crippen molar-refractivity contribution < 1.29 is 14.3 Å². The van der Waals surface area contributed by atoms with Gasteiger partial charge in [0.1, 0.15) is 5.82 Å². The van der Waals surface area contributed by atoms with Gasteiger partial charge in [-0.25, -0.2) is 9.78 Å². The minimum absolute atomic E-state index is 0.313. The molecule has 0 atom stereocenters. The van der Waals surface area contributed by atoms with E-state index in [0.29, 0.717) is 17.0 Å². The van der Waals surface area contributed by atoms with Crippen LogP contribution in [-0.2, 0) is 4.74 Å². The van der Waals surface area contributed by atoms with E-state index in [-0.39, 0.29) is 12.5 Å². The average molecular weight is 445 g/mol. The number of hydrogen-bond donors (Lipinski definition) is 1. The highest BCUT2D eigenvalue weighted by molar-refractivity contribution is 6.13. The van der Waals surface area contributed by atoms with Gasteiger partial charge in [-0.1, -0.05) is 66.7 Å². The number of nitrogens with zero attached hydrogens (tertiary/aromatic N) is 2. The predicted octanol–water partition coefficient (Wildman–Crippen LogP) is 5.84. The Kier molecular flexibility index (Phi) is 4.70. The van der Waals surface area contributed by atoms with E-state index in [9.17, 15) is 9.59 Å². The van der Waals surface area contributed by atoms with Crippen LogP contribution in [0, 0.1) is 0 Å². The first kappa shape index (κ1) is 19.9. The minimum Gasteiger partial charge on any atom is -0.452 e. The van der Waals surface area contributed by atoms with Gasteiger partial charge in [0.05, 0.1) is 27.6 Å². The summed E-state index contributed by atoms with van der Waals surface area (Å²) < 4.78 is 7.11. The number of carbonyl (C=O) groups is 2. The Morgan fingerprint density at radius 3 is 2.12 bits per heavy atom. The lowest BCUT2D eigenvalue weighted by Crippen LogP contribution is -2.20. The number of nitrogens with one attached hydrogen (secondary N) is 1. The Balaban J connectivity index is 1.30. The second kappa shape index (κ2) is 8.01. The maximum atomic E-state index is 13.2. The number of H-pyrrole nitrogens is 1. The quantitative estimate of drug-likeness (QED) is 0.346. The van der Waals surface area contributed by atoms with Gasteiger partial charge in [0, 0.05) is 16.3 Å². The number of aromatic nitrogens is 3. The number of benzene rings is 4. The molecule has 0 spiro atoms. The number of imidazole rings is 1. The van der Waals surface area contributed by atoms with Crippen molar-refractivity contribution in [1.29, 1.82) is 0 Å². The van der Waals surface area contributed by atoms with E-state index < -0.39 is 5.97 Å². The predicted molar refractivity (Wildman–Crippen MR) is 132 cm³/mol. The standard InChI is InChI=1S/C28H19N3O3/c32-26(31-24-15-7-3-9-18(24)19-10-4-8-16-25(19)31)17-34-28(33)21-12-2-1-11-20(21)27-29-22-13-5-6-14-23(22)30-27/h1-16H,17H2,(H,29,30). The van der Waals surface area contributed by atoms with Gasteiger partial charge in [-0.3, -0.25) is 9.36 Å². The maximum absolute atomic E-state index is 13.2. The largest absolute Gasteiger partial charge is 0.452 e. The Morgan fingerprint density at radius 2 is 1.38 bits per heavy atom. The second-order valence-electron chi connectivity index (χ2n) is 7.99. The molecule has 6 aromatic rings. The van der Waals surface area contributed by atoms with E-state index in [0.717, 1.165) is 32.8 Å². The van der Waals surface area contributed by atoms with E-state index in [2.05, 4.69) is 9.97 Å². The normalized spacial score (nSPS) is 11.3. The summed E-state index contributed by atoms with van der Waals surface area (Å²) in [5.74, 6) is -0.320. The van der Waals surface area contributed by atoms with Crippen LogP contribution in [0.15, 0.2) is 97.1 Å². The lowest BCUT2D eigenvalue weighted by Gasteiger charge is -2.09. The fourth-order valence-corrected chi connectivity index (χ4v) is 4.41. The Hall–Kier alpha value is -4.71. The number of ether oxygens (including phenoxy) is 1. The van der Waals surface area contributed by atoms with E-state index >= 15 is 0 Å². The lowest BCUT2D eigenvalue weighted by atomic mass is 10.1. The van der Waals surface area contributed by atoms with Gasteiger partial charge in [0.25, 0.3) is 5.91 Å². The number of para-hydroxylation sites is 4. The molecule has 34 heavy (non-hydrogen) atoms. The Bertz CT molecular complexity index is 1620. The molecule has 0 aliphatic heterocycles. The fourth-order valence-electron chi connectivity index (χ4n) is 4.41. The highest BCUT2D eigenvalue weighted by Crippen LogP contribution is 2.29. The fraction of sp³-hybridized carbons (Fsp3) is 0.0357. The molecule has 0 radical (unpaired) electrons. The smallest absolute Gasteiger partial charge is 0.339 e. The summed E-state index contributed by atoms with van der Waals surface area (Å²) >= 11 is 0. The van der Waals surface area contributed by atoms with Gasteiger partial charge in [0.2, 0.25) is 0 Å². The molecule has 0 aliphatic rings. The van der Waals surface area contributed by atoms with Crippen molar-refractivity contribution in [1.82, 2.24) is 14.5 Å². The first-order chi connectivity index (χ1) is 16.7. The number of carbonyl (C=O) groups excluding carboxylic acids is 2. The summed E-state index contributed by atoms with van der Waals surface area (Å²) in [6.45, 7) is -0.379. The van der Waals surface area contributed by atoms with Crippen LogP contribution in [0.1, 0.15) is 15.2 Å². The van der Waals surface area contributed by atoms with Crippen LogP contribution in [-0.4, -0.2) is 33.0 Å². The Labute approximate surface area is 194 Å². The number of hydrogen-bond acceptors (Lipinski definition) is 4. The monoisotopic (exact) mass is 445 g/mol. The molecule has 2 heterocycles. The van der Waals surface area contributed by atoms with Crippen LogP contribution in [0.5, 0.6) is 0 Å². The molecular weight excluding hydrogens is 426 g/mol. The molecule has 6 heteroatoms. The summed E-state index contributed by atoms with van der Waals surface area (Å²) in [6.07, 6.45) is 0. The van der Waals surface area contributed by atoms with E-state index in [1.807, 2.05) is 84.9 Å². The van der Waals surface area contributed by atoms with Gasteiger partial charge >= 0.3 is 5.97 Å². The molecule has 2 aromatic heterocycles. The number of rotatable bonds is 4. The van der Waals surface area contributed by atoms with Crippen molar-refractivity contribution >= 4 is 44.7 Å². The van der Waals surface area contributed by atoms with Crippen LogP contribution in [0.25, 0.3) is 44.2 Å². The third-order valence-corrected chi connectivity index (χ3v) is 5.95. The summed E-state index contributed by atoms with van der Waals surface area (Å²) in [6, 6.07) is 30.2. The first-order valence-corrected chi connectivity index (χ1v) is 10.9. The zero-order chi connectivity index (χ0) is 23.1. The van der Waals surface area contributed by atoms with Gasteiger partial charge < -0.3 is 9.72 Å². The number of aromatic amines is 1. The van der Waals surface area contributed by atoms with Crippen molar-refractivity contribution in [2.75, 3.05) is 6.61 Å². The van der Waals surface area contributed by atoms with Crippen LogP contribution in [0.3, 0.4) is 0 Å². The third-order valence-electron chi connectivity index (χ3n) is 5.95. The highest BCUT2D eigenvalue weighted by Gasteiger charge is 2.20. The van der Waals surface area contributed by atoms with E-state index in [1.165, 1.54) is 0 Å². The Morgan fingerprint density at radius 1 is 0.765 bits per heavy atom. The SMILES string of the molecule is O=C(OCC(=O)n1c2ccccc2c2ccccc21)c1ccccc1-c1nc2ccccc2[nH]1. The van der Waals surface area contributed by atoms with Crippen molar-refractivity contribution in [2.45, 2.75) is 0 Å². The molecule has 0 amide bonds. The number of esters is 1.